The van der Waals surface area contributed by atoms with Crippen molar-refractivity contribution in [3.8, 4) is 5.75 Å². The molecule has 7 heteroatoms. The highest BCUT2D eigenvalue weighted by molar-refractivity contribution is 7.10. The predicted molar refractivity (Wildman–Crippen MR) is 118 cm³/mol. The van der Waals surface area contributed by atoms with Gasteiger partial charge in [0.2, 0.25) is 5.91 Å². The maximum atomic E-state index is 13.0. The molecule has 4 rings (SSSR count). The van der Waals surface area contributed by atoms with E-state index in [1.807, 2.05) is 4.90 Å². The second kappa shape index (κ2) is 9.75. The number of hydrogen-bond acceptors (Lipinski definition) is 4. The van der Waals surface area contributed by atoms with Crippen molar-refractivity contribution in [1.82, 2.24) is 10.2 Å². The Balaban J connectivity index is 1.24. The Hall–Kier alpha value is -3.19. The van der Waals surface area contributed by atoms with Crippen molar-refractivity contribution in [2.75, 3.05) is 13.1 Å². The van der Waals surface area contributed by atoms with E-state index in [9.17, 15) is 14.0 Å². The second-order valence-electron chi connectivity index (χ2n) is 7.38. The number of halogens is 1. The second-order valence-corrected chi connectivity index (χ2v) is 8.38. The first-order valence-electron chi connectivity index (χ1n) is 10.2. The number of hydrogen-bond donors (Lipinski definition) is 1. The van der Waals surface area contributed by atoms with E-state index in [0.29, 0.717) is 17.9 Å². The molecule has 0 saturated carbocycles. The largest absolute Gasteiger partial charge is 0.489 e. The molecular formula is C24H23FN2O3S. The van der Waals surface area contributed by atoms with Gasteiger partial charge in [0.05, 0.1) is 0 Å². The van der Waals surface area contributed by atoms with Gasteiger partial charge in [0.1, 0.15) is 18.2 Å². The summed E-state index contributed by atoms with van der Waals surface area (Å²) in [5.41, 5.74) is 2.53. The van der Waals surface area contributed by atoms with E-state index in [-0.39, 0.29) is 37.2 Å². The minimum absolute atomic E-state index is 0.0496. The Morgan fingerprint density at radius 3 is 2.81 bits per heavy atom. The fourth-order valence-corrected chi connectivity index (χ4v) is 4.37. The molecule has 3 aromatic rings. The van der Waals surface area contributed by atoms with Crippen LogP contribution in [0, 0.1) is 5.82 Å². The zero-order valence-electron chi connectivity index (χ0n) is 17.0. The van der Waals surface area contributed by atoms with Crippen LogP contribution in [0.3, 0.4) is 0 Å². The number of nitrogens with one attached hydrogen (secondary N) is 1. The molecule has 2 aromatic carbocycles. The van der Waals surface area contributed by atoms with Crippen molar-refractivity contribution in [2.24, 2.45) is 0 Å². The van der Waals surface area contributed by atoms with Gasteiger partial charge in [-0.2, -0.15) is 0 Å². The summed E-state index contributed by atoms with van der Waals surface area (Å²) >= 11 is 1.74. The zero-order valence-corrected chi connectivity index (χ0v) is 17.8. The van der Waals surface area contributed by atoms with Gasteiger partial charge in [-0.3, -0.25) is 9.59 Å². The van der Waals surface area contributed by atoms with Crippen LogP contribution in [0.15, 0.2) is 60.0 Å². The maximum Gasteiger partial charge on any atom is 0.251 e. The third-order valence-corrected chi connectivity index (χ3v) is 6.22. The molecule has 0 atom stereocenters. The summed E-state index contributed by atoms with van der Waals surface area (Å²) in [7, 11) is 0. The monoisotopic (exact) mass is 438 g/mol. The van der Waals surface area contributed by atoms with Crippen molar-refractivity contribution < 1.29 is 18.7 Å². The summed E-state index contributed by atoms with van der Waals surface area (Å²) < 4.78 is 18.7. The summed E-state index contributed by atoms with van der Waals surface area (Å²) in [4.78, 5) is 28.2. The van der Waals surface area contributed by atoms with Crippen molar-refractivity contribution in [3.05, 3.63) is 87.4 Å². The average molecular weight is 439 g/mol. The highest BCUT2D eigenvalue weighted by atomic mass is 32.1. The SMILES string of the molecule is O=C(NCCC(=O)N1CCc2sccc2C1)c1cccc(OCc2ccc(F)cc2)c1. The van der Waals surface area contributed by atoms with E-state index in [1.54, 1.807) is 47.7 Å². The van der Waals surface area contributed by atoms with Crippen LogP contribution >= 0.6 is 11.3 Å². The molecule has 0 fully saturated rings. The van der Waals surface area contributed by atoms with Gasteiger partial charge in [0.15, 0.2) is 0 Å². The quantitative estimate of drug-likeness (QED) is 0.602. The van der Waals surface area contributed by atoms with E-state index in [0.717, 1.165) is 18.5 Å². The summed E-state index contributed by atoms with van der Waals surface area (Å²) in [6.07, 6.45) is 1.17. The Kier molecular flexibility index (Phi) is 6.62. The number of benzene rings is 2. The van der Waals surface area contributed by atoms with E-state index in [1.165, 1.54) is 22.6 Å². The molecule has 1 aliphatic heterocycles. The molecule has 2 amide bonds. The van der Waals surface area contributed by atoms with E-state index < -0.39 is 0 Å². The van der Waals surface area contributed by atoms with E-state index in [2.05, 4.69) is 16.8 Å². The van der Waals surface area contributed by atoms with Gasteiger partial charge < -0.3 is 15.0 Å². The van der Waals surface area contributed by atoms with Gasteiger partial charge >= 0.3 is 0 Å². The van der Waals surface area contributed by atoms with Crippen molar-refractivity contribution >= 4 is 23.2 Å². The lowest BCUT2D eigenvalue weighted by Gasteiger charge is -2.27. The molecule has 0 radical (unpaired) electrons. The predicted octanol–water partition coefficient (Wildman–Crippen LogP) is 4.17. The summed E-state index contributed by atoms with van der Waals surface area (Å²) in [5, 5.41) is 4.87. The number of carbonyl (C=O) groups is 2. The number of rotatable bonds is 7. The van der Waals surface area contributed by atoms with Crippen molar-refractivity contribution in [3.63, 3.8) is 0 Å². The number of ether oxygens (including phenoxy) is 1. The molecule has 0 spiro atoms. The van der Waals surface area contributed by atoms with Crippen molar-refractivity contribution in [2.45, 2.75) is 26.0 Å². The number of fused-ring (bicyclic) bond motifs is 1. The molecule has 1 N–H and O–H groups in total. The first-order chi connectivity index (χ1) is 15.1. The van der Waals surface area contributed by atoms with E-state index in [4.69, 9.17) is 4.74 Å². The molecule has 5 nitrogen and oxygen atoms in total. The van der Waals surface area contributed by atoms with Crippen LogP contribution < -0.4 is 10.1 Å². The minimum Gasteiger partial charge on any atom is -0.489 e. The lowest BCUT2D eigenvalue weighted by molar-refractivity contribution is -0.131. The van der Waals surface area contributed by atoms with Gasteiger partial charge in [0, 0.05) is 36.5 Å². The lowest BCUT2D eigenvalue weighted by Crippen LogP contribution is -2.37. The van der Waals surface area contributed by atoms with Crippen molar-refractivity contribution in [1.29, 1.82) is 0 Å². The summed E-state index contributed by atoms with van der Waals surface area (Å²) in [5.74, 6) is 0.0534. The van der Waals surface area contributed by atoms with Gasteiger partial charge in [-0.05, 0) is 59.3 Å². The van der Waals surface area contributed by atoms with Crippen LogP contribution in [0.4, 0.5) is 4.39 Å². The van der Waals surface area contributed by atoms with Crippen LogP contribution in [0.5, 0.6) is 5.75 Å². The van der Waals surface area contributed by atoms with Gasteiger partial charge in [-0.15, -0.1) is 11.3 Å². The van der Waals surface area contributed by atoms with Crippen LogP contribution in [-0.2, 0) is 24.4 Å². The van der Waals surface area contributed by atoms with Crippen LogP contribution in [0.25, 0.3) is 0 Å². The molecule has 0 unspecified atom stereocenters. The maximum absolute atomic E-state index is 13.0. The normalized spacial score (nSPS) is 12.9. The van der Waals surface area contributed by atoms with E-state index >= 15 is 0 Å². The Labute approximate surface area is 184 Å². The first kappa shape index (κ1) is 21.1. The Bertz CT molecular complexity index is 1060. The van der Waals surface area contributed by atoms with Gasteiger partial charge in [-0.1, -0.05) is 18.2 Å². The Morgan fingerprint density at radius 1 is 1.13 bits per heavy atom. The molecule has 1 aliphatic rings. The highest BCUT2D eigenvalue weighted by Crippen LogP contribution is 2.24. The molecular weight excluding hydrogens is 415 g/mol. The molecule has 160 valence electrons. The molecule has 0 aliphatic carbocycles. The molecule has 1 aromatic heterocycles. The minimum atomic E-state index is -0.294. The summed E-state index contributed by atoms with van der Waals surface area (Å²) in [6, 6.07) is 15.0. The zero-order chi connectivity index (χ0) is 21.6. The lowest BCUT2D eigenvalue weighted by atomic mass is 10.1. The first-order valence-corrected chi connectivity index (χ1v) is 11.0. The number of thiophene rings is 1. The average Bonchev–Trinajstić information content (AvgIpc) is 3.27. The topological polar surface area (TPSA) is 58.6 Å². The summed E-state index contributed by atoms with van der Waals surface area (Å²) in [6.45, 7) is 1.94. The van der Waals surface area contributed by atoms with Crippen LogP contribution in [0.1, 0.15) is 32.8 Å². The fourth-order valence-electron chi connectivity index (χ4n) is 3.48. The van der Waals surface area contributed by atoms with Crippen LogP contribution in [0.2, 0.25) is 0 Å². The molecule has 0 bridgehead atoms. The molecule has 2 heterocycles. The third-order valence-electron chi connectivity index (χ3n) is 5.20. The standard InChI is InChI=1S/C24H23FN2O3S/c25-20-6-4-17(5-7-20)16-30-21-3-1-2-18(14-21)24(29)26-11-8-23(28)27-12-9-22-19(15-27)10-13-31-22/h1-7,10,13-14H,8-9,11-12,15-16H2,(H,26,29). The Morgan fingerprint density at radius 2 is 1.97 bits per heavy atom. The van der Waals surface area contributed by atoms with Gasteiger partial charge in [-0.25, -0.2) is 4.39 Å². The molecule has 31 heavy (non-hydrogen) atoms. The number of carbonyl (C=O) groups excluding carboxylic acids is 2. The van der Waals surface area contributed by atoms with Crippen LogP contribution in [-0.4, -0.2) is 29.8 Å². The third kappa shape index (κ3) is 5.49. The molecule has 0 saturated heterocycles. The highest BCUT2D eigenvalue weighted by Gasteiger charge is 2.21. The number of nitrogens with zero attached hydrogens (tertiary/aromatic N) is 1. The fraction of sp³-hybridized carbons (Fsp3) is 0.250. The smallest absolute Gasteiger partial charge is 0.251 e. The number of amides is 2. The van der Waals surface area contributed by atoms with Gasteiger partial charge in [0.25, 0.3) is 5.91 Å².